The predicted molar refractivity (Wildman–Crippen MR) is 137 cm³/mol. The Kier molecular flexibility index (Phi) is 9.07. The molecule has 1 fully saturated rings. The van der Waals surface area contributed by atoms with Gasteiger partial charge in [-0.15, -0.1) is 35.0 Å². The lowest BCUT2D eigenvalue weighted by Gasteiger charge is -2.29. The zero-order valence-corrected chi connectivity index (χ0v) is 20.9. The monoisotopic (exact) mass is 523 g/mol. The van der Waals surface area contributed by atoms with E-state index in [1.165, 1.54) is 0 Å². The second-order valence-corrected chi connectivity index (χ2v) is 8.17. The third-order valence-corrected chi connectivity index (χ3v) is 5.84. The largest absolute Gasteiger partial charge is 0.491 e. The molecule has 35 heavy (non-hydrogen) atoms. The molecule has 3 aromatic heterocycles. The van der Waals surface area contributed by atoms with Crippen LogP contribution < -0.4 is 14.8 Å². The summed E-state index contributed by atoms with van der Waals surface area (Å²) in [5.41, 5.74) is 0.647. The van der Waals surface area contributed by atoms with Gasteiger partial charge in [0.25, 0.3) is 0 Å². The number of rotatable bonds is 8. The molecular formula is C24H28Cl2FN5O3. The first kappa shape index (κ1) is 26.9. The van der Waals surface area contributed by atoms with Crippen LogP contribution in [0.15, 0.2) is 48.7 Å². The number of aromatic nitrogens is 4. The maximum Gasteiger partial charge on any atom is 0.187 e. The maximum absolute atomic E-state index is 15.0. The number of halogens is 3. The lowest BCUT2D eigenvalue weighted by atomic mass is 9.95. The molecule has 1 N–H and O–H groups in total. The van der Waals surface area contributed by atoms with E-state index in [-0.39, 0.29) is 31.4 Å². The average molecular weight is 524 g/mol. The highest BCUT2D eigenvalue weighted by Crippen LogP contribution is 2.30. The number of hydrogen-bond acceptors (Lipinski definition) is 7. The third kappa shape index (κ3) is 5.92. The molecule has 5 rings (SSSR count). The normalized spacial score (nSPS) is 14.8. The van der Waals surface area contributed by atoms with E-state index < -0.39 is 5.67 Å². The lowest BCUT2D eigenvalue weighted by molar-refractivity contribution is 0.0545. The van der Waals surface area contributed by atoms with Crippen LogP contribution in [-0.2, 0) is 4.74 Å². The topological polar surface area (TPSA) is 82.8 Å². The van der Waals surface area contributed by atoms with Crippen molar-refractivity contribution in [3.8, 4) is 23.0 Å². The first-order chi connectivity index (χ1) is 16.1. The Morgan fingerprint density at radius 1 is 1.03 bits per heavy atom. The molecule has 1 aliphatic heterocycles. The lowest BCUT2D eigenvalue weighted by Crippen LogP contribution is -2.42. The van der Waals surface area contributed by atoms with Crippen molar-refractivity contribution in [1.29, 1.82) is 0 Å². The molecule has 0 bridgehead atoms. The summed E-state index contributed by atoms with van der Waals surface area (Å²) in [4.78, 5) is 4.81. The number of nitrogens with zero attached hydrogens (tertiary/aromatic N) is 4. The van der Waals surface area contributed by atoms with Gasteiger partial charge in [-0.05, 0) is 44.1 Å². The van der Waals surface area contributed by atoms with Crippen LogP contribution in [0.1, 0.15) is 12.8 Å². The summed E-state index contributed by atoms with van der Waals surface area (Å²) < 4.78 is 33.5. The second kappa shape index (κ2) is 11.8. The molecular weight excluding hydrogens is 496 g/mol. The van der Waals surface area contributed by atoms with Gasteiger partial charge in [0.2, 0.25) is 0 Å². The van der Waals surface area contributed by atoms with Crippen molar-refractivity contribution in [3.05, 3.63) is 48.7 Å². The van der Waals surface area contributed by atoms with Gasteiger partial charge < -0.3 is 19.5 Å². The van der Waals surface area contributed by atoms with E-state index in [1.54, 1.807) is 7.11 Å². The van der Waals surface area contributed by atoms with Crippen molar-refractivity contribution in [2.45, 2.75) is 18.5 Å². The molecule has 1 aromatic carbocycles. The molecule has 1 aliphatic rings. The minimum Gasteiger partial charge on any atom is -0.491 e. The zero-order valence-electron chi connectivity index (χ0n) is 19.3. The number of pyridine rings is 2. The maximum atomic E-state index is 15.0. The number of methoxy groups -OCH3 is 1. The molecule has 0 unspecified atom stereocenters. The van der Waals surface area contributed by atoms with Crippen LogP contribution in [0, 0.1) is 0 Å². The summed E-state index contributed by atoms with van der Waals surface area (Å²) in [6.45, 7) is 2.31. The minimum atomic E-state index is -1.32. The van der Waals surface area contributed by atoms with E-state index in [0.29, 0.717) is 73.3 Å². The standard InChI is InChI=1S/C24H26FN5O3.2ClH/c1-31-13-14-32-18-7-12-30-21(15-18)28-29-23(30)19-6-5-17-3-2-4-20(22(17)27-19)33-16-24(25)8-10-26-11-9-24;;/h2-7,12,15,26H,8-11,13-14,16H2,1H3;2*1H. The average Bonchev–Trinajstić information content (AvgIpc) is 3.26. The molecule has 0 radical (unpaired) electrons. The number of ether oxygens (including phenoxy) is 3. The fraction of sp³-hybridized carbons (Fsp3) is 0.375. The number of hydrogen-bond donors (Lipinski definition) is 1. The van der Waals surface area contributed by atoms with E-state index in [0.717, 1.165) is 5.39 Å². The number of fused-ring (bicyclic) bond motifs is 2. The van der Waals surface area contributed by atoms with Crippen molar-refractivity contribution in [2.75, 3.05) is 40.0 Å². The SMILES string of the molecule is COCCOc1ccn2c(-c3ccc4cccc(OCC5(F)CCNCC5)c4n3)nnc2c1.Cl.Cl. The van der Waals surface area contributed by atoms with Gasteiger partial charge >= 0.3 is 0 Å². The first-order valence-electron chi connectivity index (χ1n) is 11.0. The summed E-state index contributed by atoms with van der Waals surface area (Å²) >= 11 is 0. The van der Waals surface area contributed by atoms with E-state index in [2.05, 4.69) is 15.5 Å². The number of alkyl halides is 1. The fourth-order valence-electron chi connectivity index (χ4n) is 3.97. The van der Waals surface area contributed by atoms with Crippen molar-refractivity contribution < 1.29 is 18.6 Å². The predicted octanol–water partition coefficient (Wildman–Crippen LogP) is 4.28. The molecule has 0 saturated carbocycles. The van der Waals surface area contributed by atoms with Crippen molar-refractivity contribution in [1.82, 2.24) is 24.9 Å². The summed E-state index contributed by atoms with van der Waals surface area (Å²) in [7, 11) is 1.63. The van der Waals surface area contributed by atoms with Crippen LogP contribution in [0.2, 0.25) is 0 Å². The summed E-state index contributed by atoms with van der Waals surface area (Å²) in [5.74, 6) is 1.86. The second-order valence-electron chi connectivity index (χ2n) is 8.17. The number of benzene rings is 1. The molecule has 4 aromatic rings. The van der Waals surface area contributed by atoms with Gasteiger partial charge in [0, 0.05) is 24.8 Å². The quantitative estimate of drug-likeness (QED) is 0.345. The number of nitrogens with one attached hydrogen (secondary N) is 1. The number of piperidine rings is 1. The van der Waals surface area contributed by atoms with Crippen molar-refractivity contribution >= 4 is 41.4 Å². The zero-order chi connectivity index (χ0) is 22.7. The van der Waals surface area contributed by atoms with Crippen molar-refractivity contribution in [2.24, 2.45) is 0 Å². The van der Waals surface area contributed by atoms with Gasteiger partial charge in [-0.25, -0.2) is 9.37 Å². The minimum absolute atomic E-state index is 0. The van der Waals surface area contributed by atoms with Crippen LogP contribution in [0.5, 0.6) is 11.5 Å². The van der Waals surface area contributed by atoms with Crippen LogP contribution in [0.25, 0.3) is 28.1 Å². The summed E-state index contributed by atoms with van der Waals surface area (Å²) in [6.07, 6.45) is 2.74. The van der Waals surface area contributed by atoms with Gasteiger partial charge in [-0.2, -0.15) is 0 Å². The molecule has 0 aliphatic carbocycles. The van der Waals surface area contributed by atoms with Crippen LogP contribution in [-0.4, -0.2) is 65.3 Å². The van der Waals surface area contributed by atoms with E-state index in [1.807, 2.05) is 53.1 Å². The molecule has 4 heterocycles. The molecule has 0 atom stereocenters. The van der Waals surface area contributed by atoms with Gasteiger partial charge in [0.1, 0.15) is 41.6 Å². The van der Waals surface area contributed by atoms with Crippen LogP contribution in [0.4, 0.5) is 4.39 Å². The number of para-hydroxylation sites is 1. The van der Waals surface area contributed by atoms with Gasteiger partial charge in [0.05, 0.1) is 6.61 Å². The third-order valence-electron chi connectivity index (χ3n) is 5.84. The fourth-order valence-corrected chi connectivity index (χ4v) is 3.97. The smallest absolute Gasteiger partial charge is 0.187 e. The Labute approximate surface area is 215 Å². The van der Waals surface area contributed by atoms with Crippen LogP contribution >= 0.6 is 24.8 Å². The molecule has 0 spiro atoms. The molecule has 8 nitrogen and oxygen atoms in total. The highest BCUT2D eigenvalue weighted by atomic mass is 35.5. The van der Waals surface area contributed by atoms with Crippen molar-refractivity contribution in [3.63, 3.8) is 0 Å². The Balaban J connectivity index is 0.00000171. The summed E-state index contributed by atoms with van der Waals surface area (Å²) in [6, 6.07) is 13.2. The highest BCUT2D eigenvalue weighted by molar-refractivity contribution is 5.86. The Hall–Kier alpha value is -2.72. The van der Waals surface area contributed by atoms with Crippen LogP contribution in [0.3, 0.4) is 0 Å². The Morgan fingerprint density at radius 2 is 1.86 bits per heavy atom. The molecule has 0 amide bonds. The molecule has 1 saturated heterocycles. The first-order valence-corrected chi connectivity index (χ1v) is 11.0. The van der Waals surface area contributed by atoms with E-state index >= 15 is 4.39 Å². The van der Waals surface area contributed by atoms with E-state index in [4.69, 9.17) is 19.2 Å². The highest BCUT2D eigenvalue weighted by Gasteiger charge is 2.32. The van der Waals surface area contributed by atoms with E-state index in [9.17, 15) is 0 Å². The molecule has 11 heteroatoms. The van der Waals surface area contributed by atoms with Gasteiger partial charge in [-0.3, -0.25) is 4.40 Å². The van der Waals surface area contributed by atoms with Gasteiger partial charge in [-0.1, -0.05) is 18.2 Å². The Bertz CT molecular complexity index is 1270. The Morgan fingerprint density at radius 3 is 2.66 bits per heavy atom. The van der Waals surface area contributed by atoms with Gasteiger partial charge in [0.15, 0.2) is 11.5 Å². The summed E-state index contributed by atoms with van der Waals surface area (Å²) in [5, 5.41) is 12.7. The molecule has 188 valence electrons.